The minimum absolute atomic E-state index is 0.111. The average Bonchev–Trinajstić information content (AvgIpc) is 2.64. The van der Waals surface area contributed by atoms with E-state index in [-0.39, 0.29) is 5.75 Å². The Morgan fingerprint density at radius 2 is 2.33 bits per heavy atom. The zero-order valence-corrected chi connectivity index (χ0v) is 8.17. The fourth-order valence-electron chi connectivity index (χ4n) is 1.09. The molecule has 0 spiro atoms. The number of aryl methyl sites for hydroxylation is 1. The summed E-state index contributed by atoms with van der Waals surface area (Å²) in [5.74, 6) is 1.29. The Balaban J connectivity index is 1.96. The summed E-state index contributed by atoms with van der Waals surface area (Å²) in [7, 11) is 0. The molecule has 0 aliphatic heterocycles. The van der Waals surface area contributed by atoms with Gasteiger partial charge in [0, 0.05) is 12.1 Å². The molecule has 0 fully saturated rings. The van der Waals surface area contributed by atoms with Crippen LogP contribution in [0.25, 0.3) is 0 Å². The molecule has 0 aliphatic rings. The van der Waals surface area contributed by atoms with E-state index in [1.807, 2.05) is 6.92 Å². The summed E-state index contributed by atoms with van der Waals surface area (Å²) in [6.07, 6.45) is 1.32. The molecular weight excluding hydrogens is 196 g/mol. The SMILES string of the molecule is Cc1cc(COc2ccc(O)cn2)no1. The molecule has 0 bridgehead atoms. The van der Waals surface area contributed by atoms with Gasteiger partial charge in [0.05, 0.1) is 6.20 Å². The molecule has 2 aromatic heterocycles. The molecule has 0 saturated heterocycles. The summed E-state index contributed by atoms with van der Waals surface area (Å²) in [4.78, 5) is 3.87. The highest BCUT2D eigenvalue weighted by Gasteiger charge is 2.01. The molecule has 15 heavy (non-hydrogen) atoms. The van der Waals surface area contributed by atoms with Crippen molar-refractivity contribution in [1.29, 1.82) is 0 Å². The van der Waals surface area contributed by atoms with E-state index in [9.17, 15) is 0 Å². The molecule has 2 aromatic rings. The Labute approximate surface area is 86.3 Å². The van der Waals surface area contributed by atoms with E-state index in [1.54, 1.807) is 12.1 Å². The Kier molecular flexibility index (Phi) is 2.53. The molecule has 5 nitrogen and oxygen atoms in total. The smallest absolute Gasteiger partial charge is 0.213 e. The quantitative estimate of drug-likeness (QED) is 0.827. The van der Waals surface area contributed by atoms with Crippen molar-refractivity contribution in [3.8, 4) is 11.6 Å². The highest BCUT2D eigenvalue weighted by atomic mass is 16.5. The van der Waals surface area contributed by atoms with Gasteiger partial charge in [-0.05, 0) is 13.0 Å². The van der Waals surface area contributed by atoms with Crippen LogP contribution in [0.15, 0.2) is 28.9 Å². The number of hydrogen-bond acceptors (Lipinski definition) is 5. The third-order valence-corrected chi connectivity index (χ3v) is 1.77. The largest absolute Gasteiger partial charge is 0.506 e. The van der Waals surface area contributed by atoms with Crippen molar-refractivity contribution in [1.82, 2.24) is 10.1 Å². The normalized spacial score (nSPS) is 10.2. The lowest BCUT2D eigenvalue weighted by atomic mass is 10.4. The molecule has 2 rings (SSSR count). The van der Waals surface area contributed by atoms with Gasteiger partial charge in [-0.2, -0.15) is 0 Å². The van der Waals surface area contributed by atoms with Crippen molar-refractivity contribution in [2.45, 2.75) is 13.5 Å². The summed E-state index contributed by atoms with van der Waals surface area (Å²) in [5, 5.41) is 12.8. The second kappa shape index (κ2) is 4.00. The Bertz CT molecular complexity index is 436. The summed E-state index contributed by atoms with van der Waals surface area (Å²) < 4.78 is 10.2. The maximum absolute atomic E-state index is 9.00. The van der Waals surface area contributed by atoms with Crippen LogP contribution in [0.2, 0.25) is 0 Å². The summed E-state index contributed by atoms with van der Waals surface area (Å²) in [6.45, 7) is 2.12. The molecule has 78 valence electrons. The van der Waals surface area contributed by atoms with Crippen molar-refractivity contribution in [2.75, 3.05) is 0 Å². The van der Waals surface area contributed by atoms with Gasteiger partial charge < -0.3 is 14.4 Å². The molecule has 1 N–H and O–H groups in total. The van der Waals surface area contributed by atoms with Crippen molar-refractivity contribution in [3.05, 3.63) is 35.9 Å². The van der Waals surface area contributed by atoms with Crippen LogP contribution in [-0.2, 0) is 6.61 Å². The molecule has 2 heterocycles. The van der Waals surface area contributed by atoms with Gasteiger partial charge in [0.15, 0.2) is 0 Å². The van der Waals surface area contributed by atoms with E-state index in [0.717, 1.165) is 5.76 Å². The lowest BCUT2D eigenvalue weighted by Gasteiger charge is -2.01. The minimum Gasteiger partial charge on any atom is -0.506 e. The van der Waals surface area contributed by atoms with Gasteiger partial charge in [-0.25, -0.2) is 4.98 Å². The number of nitrogens with zero attached hydrogens (tertiary/aromatic N) is 2. The van der Waals surface area contributed by atoms with Gasteiger partial charge in [-0.1, -0.05) is 5.16 Å². The predicted molar refractivity (Wildman–Crippen MR) is 51.5 cm³/mol. The molecular formula is C10H10N2O3. The van der Waals surface area contributed by atoms with Crippen molar-refractivity contribution in [2.24, 2.45) is 0 Å². The second-order valence-electron chi connectivity index (χ2n) is 3.07. The lowest BCUT2D eigenvalue weighted by molar-refractivity contribution is 0.277. The lowest BCUT2D eigenvalue weighted by Crippen LogP contribution is -1.96. The third-order valence-electron chi connectivity index (χ3n) is 1.77. The topological polar surface area (TPSA) is 68.4 Å². The number of aromatic nitrogens is 2. The summed E-state index contributed by atoms with van der Waals surface area (Å²) in [5.41, 5.74) is 0.711. The monoisotopic (exact) mass is 206 g/mol. The summed E-state index contributed by atoms with van der Waals surface area (Å²) >= 11 is 0. The van der Waals surface area contributed by atoms with Crippen LogP contribution in [0.1, 0.15) is 11.5 Å². The van der Waals surface area contributed by atoms with Crippen LogP contribution < -0.4 is 4.74 Å². The minimum atomic E-state index is 0.111. The van der Waals surface area contributed by atoms with Crippen LogP contribution in [0.5, 0.6) is 11.6 Å². The number of ether oxygens (including phenoxy) is 1. The first-order valence-corrected chi connectivity index (χ1v) is 4.44. The van der Waals surface area contributed by atoms with Gasteiger partial charge in [-0.3, -0.25) is 0 Å². The van der Waals surface area contributed by atoms with E-state index in [4.69, 9.17) is 14.4 Å². The van der Waals surface area contributed by atoms with E-state index < -0.39 is 0 Å². The van der Waals surface area contributed by atoms with Crippen LogP contribution in [0.3, 0.4) is 0 Å². The maximum Gasteiger partial charge on any atom is 0.213 e. The average molecular weight is 206 g/mol. The number of hydrogen-bond donors (Lipinski definition) is 1. The fourth-order valence-corrected chi connectivity index (χ4v) is 1.09. The van der Waals surface area contributed by atoms with Gasteiger partial charge >= 0.3 is 0 Å². The molecule has 5 heteroatoms. The second-order valence-corrected chi connectivity index (χ2v) is 3.07. The van der Waals surface area contributed by atoms with Gasteiger partial charge in [-0.15, -0.1) is 0 Å². The zero-order chi connectivity index (χ0) is 10.7. The Hall–Kier alpha value is -2.04. The van der Waals surface area contributed by atoms with E-state index in [2.05, 4.69) is 10.1 Å². The third kappa shape index (κ3) is 2.46. The first kappa shape index (κ1) is 9.51. The van der Waals surface area contributed by atoms with Crippen molar-refractivity contribution >= 4 is 0 Å². The van der Waals surface area contributed by atoms with Crippen LogP contribution in [-0.4, -0.2) is 15.2 Å². The fraction of sp³-hybridized carbons (Fsp3) is 0.200. The highest BCUT2D eigenvalue weighted by molar-refractivity contribution is 5.21. The Morgan fingerprint density at radius 3 is 2.93 bits per heavy atom. The van der Waals surface area contributed by atoms with Crippen molar-refractivity contribution < 1.29 is 14.4 Å². The standard InChI is InChI=1S/C10H10N2O3/c1-7-4-8(12-15-7)6-14-10-3-2-9(13)5-11-10/h2-5,13H,6H2,1H3. The molecule has 0 radical (unpaired) electrons. The number of aromatic hydroxyl groups is 1. The van der Waals surface area contributed by atoms with E-state index in [1.165, 1.54) is 12.3 Å². The van der Waals surface area contributed by atoms with Crippen LogP contribution >= 0.6 is 0 Å². The molecule has 0 unspecified atom stereocenters. The maximum atomic E-state index is 9.00. The molecule has 0 saturated carbocycles. The molecule has 0 atom stereocenters. The van der Waals surface area contributed by atoms with Crippen LogP contribution in [0, 0.1) is 6.92 Å². The summed E-state index contributed by atoms with van der Waals surface area (Å²) in [6, 6.07) is 4.89. The van der Waals surface area contributed by atoms with E-state index >= 15 is 0 Å². The first-order chi connectivity index (χ1) is 7.24. The molecule has 0 aliphatic carbocycles. The zero-order valence-electron chi connectivity index (χ0n) is 8.17. The van der Waals surface area contributed by atoms with Crippen molar-refractivity contribution in [3.63, 3.8) is 0 Å². The van der Waals surface area contributed by atoms with Gasteiger partial charge in [0.2, 0.25) is 5.88 Å². The Morgan fingerprint density at radius 1 is 1.47 bits per heavy atom. The first-order valence-electron chi connectivity index (χ1n) is 4.44. The molecule has 0 aromatic carbocycles. The van der Waals surface area contributed by atoms with Crippen LogP contribution in [0.4, 0.5) is 0 Å². The van der Waals surface area contributed by atoms with Gasteiger partial charge in [0.25, 0.3) is 0 Å². The predicted octanol–water partition coefficient (Wildman–Crippen LogP) is 1.66. The number of pyridine rings is 1. The van der Waals surface area contributed by atoms with E-state index in [0.29, 0.717) is 18.2 Å². The number of rotatable bonds is 3. The van der Waals surface area contributed by atoms with Gasteiger partial charge in [0.1, 0.15) is 23.8 Å². The molecule has 0 amide bonds. The highest BCUT2D eigenvalue weighted by Crippen LogP contribution is 2.13.